The monoisotopic (exact) mass is 427 g/mol. The molecule has 0 atom stereocenters. The van der Waals surface area contributed by atoms with Crippen LogP contribution in [0, 0.1) is 0 Å². The highest BCUT2D eigenvalue weighted by Gasteiger charge is 2.25. The summed E-state index contributed by atoms with van der Waals surface area (Å²) in [6, 6.07) is 19.6. The van der Waals surface area contributed by atoms with E-state index >= 15 is 0 Å². The summed E-state index contributed by atoms with van der Waals surface area (Å²) in [5.74, 6) is 0.607. The van der Waals surface area contributed by atoms with Crippen LogP contribution in [0.4, 0.5) is 11.8 Å². The number of hydrogen-bond donors (Lipinski definition) is 2. The molecule has 0 unspecified atom stereocenters. The first kappa shape index (κ1) is 20.2. The number of fused-ring (bicyclic) bond motifs is 2. The van der Waals surface area contributed by atoms with E-state index in [0.29, 0.717) is 31.0 Å². The van der Waals surface area contributed by atoms with Gasteiger partial charge in [-0.1, -0.05) is 48.5 Å². The molecule has 1 fully saturated rings. The van der Waals surface area contributed by atoms with Gasteiger partial charge in [-0.15, -0.1) is 0 Å². The molecule has 0 radical (unpaired) electrons. The summed E-state index contributed by atoms with van der Waals surface area (Å²) >= 11 is 0. The van der Waals surface area contributed by atoms with Gasteiger partial charge in [-0.05, 0) is 41.3 Å². The molecule has 7 heteroatoms. The van der Waals surface area contributed by atoms with E-state index in [1.807, 2.05) is 65.6 Å². The SMILES string of the molecule is Nc1nc(N)c2c(COC3CCN(C(=O)c4cccc5ccccc45)CC3)cccc2n1. The van der Waals surface area contributed by atoms with Gasteiger partial charge in [0, 0.05) is 24.0 Å². The Labute approximate surface area is 186 Å². The quantitative estimate of drug-likeness (QED) is 0.513. The van der Waals surface area contributed by atoms with Crippen LogP contribution in [0.3, 0.4) is 0 Å². The molecule has 0 saturated carbocycles. The van der Waals surface area contributed by atoms with Crippen molar-refractivity contribution in [2.75, 3.05) is 24.6 Å². The summed E-state index contributed by atoms with van der Waals surface area (Å²) in [7, 11) is 0. The van der Waals surface area contributed by atoms with Crippen LogP contribution >= 0.6 is 0 Å². The van der Waals surface area contributed by atoms with Gasteiger partial charge in [0.2, 0.25) is 5.95 Å². The molecule has 4 N–H and O–H groups in total. The molecule has 32 heavy (non-hydrogen) atoms. The van der Waals surface area contributed by atoms with Crippen molar-refractivity contribution in [2.24, 2.45) is 0 Å². The molecule has 3 aromatic carbocycles. The second-order valence-electron chi connectivity index (χ2n) is 8.11. The predicted octanol–water partition coefficient (Wildman–Crippen LogP) is 3.77. The first-order chi connectivity index (χ1) is 15.6. The maximum atomic E-state index is 13.2. The first-order valence-corrected chi connectivity index (χ1v) is 10.8. The minimum Gasteiger partial charge on any atom is -0.383 e. The number of carbonyl (C=O) groups excluding carboxylic acids is 1. The molecule has 1 saturated heterocycles. The number of piperidine rings is 1. The fraction of sp³-hybridized carbons (Fsp3) is 0.240. The first-order valence-electron chi connectivity index (χ1n) is 10.8. The van der Waals surface area contributed by atoms with E-state index in [1.165, 1.54) is 0 Å². The van der Waals surface area contributed by atoms with E-state index in [0.717, 1.165) is 40.1 Å². The predicted molar refractivity (Wildman–Crippen MR) is 126 cm³/mol. The number of carbonyl (C=O) groups is 1. The molecule has 0 bridgehead atoms. The Morgan fingerprint density at radius 1 is 0.969 bits per heavy atom. The van der Waals surface area contributed by atoms with Crippen molar-refractivity contribution in [3.8, 4) is 0 Å². The summed E-state index contributed by atoms with van der Waals surface area (Å²) in [5.41, 5.74) is 14.2. The van der Waals surface area contributed by atoms with E-state index in [2.05, 4.69) is 9.97 Å². The summed E-state index contributed by atoms with van der Waals surface area (Å²) in [4.78, 5) is 23.4. The molecule has 1 amide bonds. The summed E-state index contributed by atoms with van der Waals surface area (Å²) in [5, 5.41) is 2.86. The summed E-state index contributed by atoms with van der Waals surface area (Å²) in [6.45, 7) is 1.75. The third-order valence-corrected chi connectivity index (χ3v) is 6.08. The molecular weight excluding hydrogens is 402 g/mol. The van der Waals surface area contributed by atoms with Crippen molar-refractivity contribution in [2.45, 2.75) is 25.6 Å². The van der Waals surface area contributed by atoms with E-state index in [9.17, 15) is 4.79 Å². The van der Waals surface area contributed by atoms with Crippen LogP contribution in [0.25, 0.3) is 21.7 Å². The lowest BCUT2D eigenvalue weighted by Gasteiger charge is -2.32. The highest BCUT2D eigenvalue weighted by molar-refractivity contribution is 6.07. The number of aromatic nitrogens is 2. The fourth-order valence-electron chi connectivity index (χ4n) is 4.44. The number of likely N-dealkylation sites (tertiary alicyclic amines) is 1. The maximum absolute atomic E-state index is 13.2. The maximum Gasteiger partial charge on any atom is 0.254 e. The van der Waals surface area contributed by atoms with Crippen molar-refractivity contribution < 1.29 is 9.53 Å². The second kappa shape index (κ2) is 8.43. The molecule has 0 spiro atoms. The molecular formula is C25H25N5O2. The number of rotatable bonds is 4. The zero-order valence-electron chi connectivity index (χ0n) is 17.7. The number of hydrogen-bond acceptors (Lipinski definition) is 6. The number of benzene rings is 3. The standard InChI is InChI=1S/C25H25N5O2/c26-23-22-17(7-4-10-21(22)28-25(27)29-23)15-32-18-11-13-30(14-12-18)24(31)20-9-3-6-16-5-1-2-8-19(16)20/h1-10,18H,11-15H2,(H4,26,27,28,29). The molecule has 162 valence electrons. The van der Waals surface area contributed by atoms with Crippen LogP contribution < -0.4 is 11.5 Å². The molecule has 4 aromatic rings. The molecule has 0 aliphatic carbocycles. The third-order valence-electron chi connectivity index (χ3n) is 6.08. The van der Waals surface area contributed by atoms with Crippen LogP contribution in [-0.4, -0.2) is 40.0 Å². The van der Waals surface area contributed by atoms with E-state index in [-0.39, 0.29) is 18.0 Å². The van der Waals surface area contributed by atoms with Crippen molar-refractivity contribution >= 4 is 39.3 Å². The second-order valence-corrected chi connectivity index (χ2v) is 8.11. The Balaban J connectivity index is 1.24. The Morgan fingerprint density at radius 3 is 2.56 bits per heavy atom. The zero-order chi connectivity index (χ0) is 22.1. The normalized spacial score (nSPS) is 14.8. The third kappa shape index (κ3) is 3.83. The van der Waals surface area contributed by atoms with Gasteiger partial charge in [0.05, 0.1) is 18.2 Å². The van der Waals surface area contributed by atoms with E-state index < -0.39 is 0 Å². The van der Waals surface area contributed by atoms with Crippen molar-refractivity contribution in [3.05, 3.63) is 71.8 Å². The van der Waals surface area contributed by atoms with Gasteiger partial charge >= 0.3 is 0 Å². The van der Waals surface area contributed by atoms with Crippen LogP contribution in [0.1, 0.15) is 28.8 Å². The average molecular weight is 428 g/mol. The van der Waals surface area contributed by atoms with Gasteiger partial charge in [-0.25, -0.2) is 4.98 Å². The lowest BCUT2D eigenvalue weighted by atomic mass is 10.0. The number of nitrogens with zero attached hydrogens (tertiary/aromatic N) is 3. The largest absolute Gasteiger partial charge is 0.383 e. The van der Waals surface area contributed by atoms with Gasteiger partial charge < -0.3 is 21.1 Å². The van der Waals surface area contributed by atoms with Crippen LogP contribution in [0.15, 0.2) is 60.7 Å². The topological polar surface area (TPSA) is 107 Å². The van der Waals surface area contributed by atoms with Gasteiger partial charge in [0.25, 0.3) is 5.91 Å². The van der Waals surface area contributed by atoms with Crippen molar-refractivity contribution in [1.82, 2.24) is 14.9 Å². The molecule has 2 heterocycles. The number of amides is 1. The summed E-state index contributed by atoms with van der Waals surface area (Å²) in [6.07, 6.45) is 1.66. The van der Waals surface area contributed by atoms with E-state index in [4.69, 9.17) is 16.2 Å². The molecule has 1 aromatic heterocycles. The minimum absolute atomic E-state index is 0.0804. The molecule has 7 nitrogen and oxygen atoms in total. The Hall–Kier alpha value is -3.71. The minimum atomic E-state index is 0.0804. The number of ether oxygens (including phenoxy) is 1. The lowest BCUT2D eigenvalue weighted by Crippen LogP contribution is -2.40. The van der Waals surface area contributed by atoms with Crippen molar-refractivity contribution in [3.63, 3.8) is 0 Å². The Kier molecular flexibility index (Phi) is 5.33. The van der Waals surface area contributed by atoms with Gasteiger partial charge in [0.1, 0.15) is 5.82 Å². The summed E-state index contributed by atoms with van der Waals surface area (Å²) < 4.78 is 6.19. The average Bonchev–Trinajstić information content (AvgIpc) is 2.82. The lowest BCUT2D eigenvalue weighted by molar-refractivity contribution is 0.0000844. The Bertz CT molecular complexity index is 1290. The molecule has 1 aliphatic rings. The number of anilines is 2. The molecule has 5 rings (SSSR count). The van der Waals surface area contributed by atoms with E-state index in [1.54, 1.807) is 0 Å². The van der Waals surface area contributed by atoms with Gasteiger partial charge in [0.15, 0.2) is 0 Å². The highest BCUT2D eigenvalue weighted by atomic mass is 16.5. The van der Waals surface area contributed by atoms with Gasteiger partial charge in [-0.3, -0.25) is 4.79 Å². The number of nitrogens with two attached hydrogens (primary N) is 2. The van der Waals surface area contributed by atoms with Gasteiger partial charge in [-0.2, -0.15) is 4.98 Å². The number of nitrogen functional groups attached to an aromatic ring is 2. The van der Waals surface area contributed by atoms with Crippen LogP contribution in [0.2, 0.25) is 0 Å². The van der Waals surface area contributed by atoms with Crippen LogP contribution in [-0.2, 0) is 11.3 Å². The Morgan fingerprint density at radius 2 is 1.72 bits per heavy atom. The zero-order valence-corrected chi connectivity index (χ0v) is 17.7. The highest BCUT2D eigenvalue weighted by Crippen LogP contribution is 2.26. The van der Waals surface area contributed by atoms with Crippen molar-refractivity contribution in [1.29, 1.82) is 0 Å². The fourth-order valence-corrected chi connectivity index (χ4v) is 4.44. The van der Waals surface area contributed by atoms with Crippen LogP contribution in [0.5, 0.6) is 0 Å². The smallest absolute Gasteiger partial charge is 0.254 e. The molecule has 1 aliphatic heterocycles.